The van der Waals surface area contributed by atoms with Gasteiger partial charge in [-0.3, -0.25) is 10.1 Å². The molecule has 31 heavy (non-hydrogen) atoms. The van der Waals surface area contributed by atoms with Crippen molar-refractivity contribution in [1.29, 1.82) is 0 Å². The molecule has 0 spiro atoms. The summed E-state index contributed by atoms with van der Waals surface area (Å²) in [5.41, 5.74) is 7.36. The molecule has 0 unspecified atom stereocenters. The first-order chi connectivity index (χ1) is 15.1. The number of hydrogen-bond donors (Lipinski definition) is 0. The van der Waals surface area contributed by atoms with E-state index in [9.17, 15) is 10.1 Å². The highest BCUT2D eigenvalue weighted by atomic mass is 16.6. The number of allylic oxidation sites excluding steroid dienone is 4. The molecule has 162 valence electrons. The molecular weight excluding hydrogens is 382 g/mol. The summed E-state index contributed by atoms with van der Waals surface area (Å²) in [5.74, 6) is 0. The highest BCUT2D eigenvalue weighted by Crippen LogP contribution is 2.32. The van der Waals surface area contributed by atoms with Crippen molar-refractivity contribution in [3.63, 3.8) is 0 Å². The summed E-state index contributed by atoms with van der Waals surface area (Å²) in [7, 11) is 0. The quantitative estimate of drug-likeness (QED) is 0.272. The van der Waals surface area contributed by atoms with Crippen LogP contribution in [-0.2, 0) is 12.8 Å². The Morgan fingerprint density at radius 1 is 1.03 bits per heavy atom. The van der Waals surface area contributed by atoms with Crippen LogP contribution in [0, 0.1) is 10.1 Å². The monoisotopic (exact) mass is 415 g/mol. The fraction of sp³-hybridized carbons (Fsp3) is 0.357. The topological polar surface area (TPSA) is 43.1 Å². The van der Waals surface area contributed by atoms with Crippen LogP contribution in [0.1, 0.15) is 74.1 Å². The summed E-state index contributed by atoms with van der Waals surface area (Å²) in [6.07, 6.45) is 16.4. The van der Waals surface area contributed by atoms with Gasteiger partial charge in [-0.1, -0.05) is 86.5 Å². The number of fused-ring (bicyclic) bond motifs is 1. The van der Waals surface area contributed by atoms with Crippen molar-refractivity contribution >= 4 is 17.3 Å². The van der Waals surface area contributed by atoms with E-state index in [0.29, 0.717) is 0 Å². The largest absolute Gasteiger partial charge is 0.273 e. The third kappa shape index (κ3) is 6.27. The van der Waals surface area contributed by atoms with Crippen LogP contribution >= 0.6 is 0 Å². The lowest BCUT2D eigenvalue weighted by Gasteiger charge is -2.16. The third-order valence-electron chi connectivity index (χ3n) is 5.99. The molecular formula is C28H33NO2. The first-order valence-electron chi connectivity index (χ1n) is 11.5. The van der Waals surface area contributed by atoms with E-state index >= 15 is 0 Å². The summed E-state index contributed by atoms with van der Waals surface area (Å²) in [5, 5.41) is 11.2. The smallest absolute Gasteiger partial charge is 0.258 e. The fourth-order valence-electron chi connectivity index (χ4n) is 4.31. The highest BCUT2D eigenvalue weighted by Gasteiger charge is 2.20. The van der Waals surface area contributed by atoms with Crippen molar-refractivity contribution < 1.29 is 4.92 Å². The molecule has 0 saturated carbocycles. The minimum absolute atomic E-state index is 0.256. The van der Waals surface area contributed by atoms with Gasteiger partial charge in [0.05, 0.1) is 4.92 Å². The van der Waals surface area contributed by atoms with Crippen LogP contribution in [-0.4, -0.2) is 4.92 Å². The average molecular weight is 416 g/mol. The van der Waals surface area contributed by atoms with Gasteiger partial charge in [-0.15, -0.1) is 0 Å². The van der Waals surface area contributed by atoms with Crippen molar-refractivity contribution in [2.24, 2.45) is 0 Å². The molecule has 0 bridgehead atoms. The number of benzene rings is 2. The maximum absolute atomic E-state index is 11.2. The van der Waals surface area contributed by atoms with Crippen LogP contribution in [0.25, 0.3) is 11.6 Å². The Kier molecular flexibility index (Phi) is 8.40. The molecule has 3 nitrogen and oxygen atoms in total. The second-order valence-electron chi connectivity index (χ2n) is 8.36. The van der Waals surface area contributed by atoms with Crippen molar-refractivity contribution in [3.05, 3.63) is 99.1 Å². The molecule has 0 N–H and O–H groups in total. The first kappa shape index (κ1) is 22.7. The lowest BCUT2D eigenvalue weighted by molar-refractivity contribution is -0.385. The molecule has 0 amide bonds. The molecule has 2 aliphatic carbocycles. The Bertz CT molecular complexity index is 970. The van der Waals surface area contributed by atoms with Gasteiger partial charge in [-0.05, 0) is 67.2 Å². The maximum Gasteiger partial charge on any atom is 0.273 e. The van der Waals surface area contributed by atoms with Crippen molar-refractivity contribution in [2.45, 2.75) is 64.7 Å². The molecule has 2 aromatic rings. The van der Waals surface area contributed by atoms with Gasteiger partial charge < -0.3 is 0 Å². The van der Waals surface area contributed by atoms with Crippen LogP contribution in [0.5, 0.6) is 0 Å². The molecule has 4 rings (SSSR count). The maximum atomic E-state index is 11.2. The Labute approximate surface area is 186 Å². The molecule has 3 heteroatoms. The van der Waals surface area contributed by atoms with E-state index in [4.69, 9.17) is 0 Å². The molecule has 0 saturated heterocycles. The Morgan fingerprint density at radius 3 is 2.52 bits per heavy atom. The number of nitro groups is 1. The Morgan fingerprint density at radius 2 is 1.84 bits per heavy atom. The highest BCUT2D eigenvalue weighted by molar-refractivity contribution is 5.69. The Hall–Kier alpha value is -2.94. The van der Waals surface area contributed by atoms with Gasteiger partial charge in [-0.2, -0.15) is 0 Å². The molecule has 0 radical (unpaired) electrons. The van der Waals surface area contributed by atoms with Crippen molar-refractivity contribution in [2.75, 3.05) is 0 Å². The summed E-state index contributed by atoms with van der Waals surface area (Å²) < 4.78 is 0. The average Bonchev–Trinajstić information content (AvgIpc) is 2.80. The van der Waals surface area contributed by atoms with Crippen LogP contribution in [0.4, 0.5) is 5.69 Å². The van der Waals surface area contributed by atoms with E-state index in [-0.39, 0.29) is 10.6 Å². The van der Waals surface area contributed by atoms with E-state index in [1.807, 2.05) is 18.2 Å². The number of nitrogens with zero attached hydrogens (tertiary/aromatic N) is 1. The number of unbranched alkanes of at least 4 members (excludes halogenated alkanes) is 2. The van der Waals surface area contributed by atoms with E-state index in [0.717, 1.165) is 54.4 Å². The van der Waals surface area contributed by atoms with E-state index in [2.05, 4.69) is 49.9 Å². The van der Waals surface area contributed by atoms with Crippen molar-refractivity contribution in [3.8, 4) is 0 Å². The van der Waals surface area contributed by atoms with E-state index in [1.165, 1.54) is 31.2 Å². The molecule has 0 aliphatic heterocycles. The van der Waals surface area contributed by atoms with Gasteiger partial charge >= 0.3 is 0 Å². The van der Waals surface area contributed by atoms with Crippen LogP contribution in [0.3, 0.4) is 0 Å². The van der Waals surface area contributed by atoms with Crippen LogP contribution in [0.15, 0.2) is 66.8 Å². The molecule has 0 heterocycles. The minimum Gasteiger partial charge on any atom is -0.258 e. The summed E-state index contributed by atoms with van der Waals surface area (Å²) in [6, 6.07) is 14.2. The van der Waals surface area contributed by atoms with Gasteiger partial charge in [0.25, 0.3) is 5.69 Å². The summed E-state index contributed by atoms with van der Waals surface area (Å²) in [4.78, 5) is 10.9. The standard InChI is InChI=1S/C16H19NO2.C12H14/c1-3-4-5-6-15-14-9-7-12(2)11-13(14)8-10-16(15)17(18)19;1-3-7-11(8-4-1)12-9-5-2-6-10-12/h7-10H,2-6,11H2,1H3;1,3-4,7-9H,2,5-6,10H2. The summed E-state index contributed by atoms with van der Waals surface area (Å²) >= 11 is 0. The zero-order valence-electron chi connectivity index (χ0n) is 18.6. The van der Waals surface area contributed by atoms with Gasteiger partial charge in [0.15, 0.2) is 0 Å². The normalized spacial score (nSPS) is 14.9. The van der Waals surface area contributed by atoms with Crippen LogP contribution < -0.4 is 0 Å². The zero-order valence-corrected chi connectivity index (χ0v) is 18.6. The van der Waals surface area contributed by atoms with Gasteiger partial charge in [0.2, 0.25) is 0 Å². The molecule has 2 aliphatic rings. The lowest BCUT2D eigenvalue weighted by Crippen LogP contribution is -2.05. The molecule has 0 atom stereocenters. The summed E-state index contributed by atoms with van der Waals surface area (Å²) in [6.45, 7) is 6.09. The second-order valence-corrected chi connectivity index (χ2v) is 8.36. The Balaban J connectivity index is 0.000000194. The van der Waals surface area contributed by atoms with E-state index in [1.54, 1.807) is 11.6 Å². The van der Waals surface area contributed by atoms with E-state index < -0.39 is 0 Å². The molecule has 0 aromatic heterocycles. The van der Waals surface area contributed by atoms with Crippen LogP contribution in [0.2, 0.25) is 0 Å². The predicted octanol–water partition coefficient (Wildman–Crippen LogP) is 8.10. The number of hydrogen-bond acceptors (Lipinski definition) is 2. The zero-order chi connectivity index (χ0) is 22.1. The number of nitro benzene ring substituents is 1. The SMILES string of the molecule is C1=C(c2ccccc2)CCCC1.C=C1C=Cc2c(ccc([N+](=O)[O-])c2CCCCC)C1. The molecule has 0 fully saturated rings. The third-order valence-corrected chi connectivity index (χ3v) is 5.99. The predicted molar refractivity (Wildman–Crippen MR) is 131 cm³/mol. The molecule has 2 aromatic carbocycles. The number of rotatable bonds is 6. The lowest BCUT2D eigenvalue weighted by atomic mass is 9.88. The first-order valence-corrected chi connectivity index (χ1v) is 11.5. The second kappa shape index (κ2) is 11.5. The van der Waals surface area contributed by atoms with Gasteiger partial charge in [0, 0.05) is 11.6 Å². The fourth-order valence-corrected chi connectivity index (χ4v) is 4.31. The van der Waals surface area contributed by atoms with Gasteiger partial charge in [-0.25, -0.2) is 0 Å². The van der Waals surface area contributed by atoms with Crippen molar-refractivity contribution in [1.82, 2.24) is 0 Å². The van der Waals surface area contributed by atoms with Gasteiger partial charge in [0.1, 0.15) is 0 Å². The minimum atomic E-state index is -0.265.